The van der Waals surface area contributed by atoms with Crippen molar-refractivity contribution in [1.82, 2.24) is 16.0 Å². The molecule has 4 rings (SSSR count). The highest BCUT2D eigenvalue weighted by atomic mass is 16.6. The summed E-state index contributed by atoms with van der Waals surface area (Å²) in [6.45, 7) is 2.98. The topological polar surface area (TPSA) is 288 Å². The second kappa shape index (κ2) is 26.0. The maximum Gasteiger partial charge on any atom is 0.332 e. The van der Waals surface area contributed by atoms with Gasteiger partial charge in [-0.2, -0.15) is 0 Å². The molecule has 3 aromatic carbocycles. The molecule has 18 nitrogen and oxygen atoms in total. The van der Waals surface area contributed by atoms with Crippen molar-refractivity contribution in [3.63, 3.8) is 0 Å². The van der Waals surface area contributed by atoms with Gasteiger partial charge < -0.3 is 60.8 Å². The van der Waals surface area contributed by atoms with Gasteiger partial charge in [0.1, 0.15) is 19.8 Å². The summed E-state index contributed by atoms with van der Waals surface area (Å²) >= 11 is 0. The SMILES string of the molecule is C#CCC.C#CCC.C#CCC.O=C(NC1COC(=O)C(NC(=O)c2cccc(O)c2O)COC(=O)C(NC(=O)c2cccc(O)c2O)COC1=O)c1cccc(O)c1O. The number of nitrogens with one attached hydrogen (secondary N) is 3. The maximum absolute atomic E-state index is 13.1. The molecule has 60 heavy (non-hydrogen) atoms. The maximum atomic E-state index is 13.1. The quantitative estimate of drug-likeness (QED) is 0.0746. The lowest BCUT2D eigenvalue weighted by Crippen LogP contribution is -2.52. The molecule has 0 bridgehead atoms. The molecule has 1 fully saturated rings. The number of para-hydroxylation sites is 3. The summed E-state index contributed by atoms with van der Waals surface area (Å²) in [5, 5.41) is 65.9. The summed E-state index contributed by atoms with van der Waals surface area (Å²) in [6.07, 6.45) is 16.9. The van der Waals surface area contributed by atoms with Gasteiger partial charge in [0.25, 0.3) is 17.7 Å². The number of cyclic esters (lactones) is 3. The van der Waals surface area contributed by atoms with E-state index in [0.717, 1.165) is 55.7 Å². The third-order valence-electron chi connectivity index (χ3n) is 7.34. The summed E-state index contributed by atoms with van der Waals surface area (Å²) in [6, 6.07) is 4.64. The number of rotatable bonds is 6. The van der Waals surface area contributed by atoms with Crippen LogP contribution in [0.25, 0.3) is 0 Å². The van der Waals surface area contributed by atoms with Crippen molar-refractivity contribution >= 4 is 35.6 Å². The van der Waals surface area contributed by atoms with Gasteiger partial charge in [0, 0.05) is 19.3 Å². The molecule has 3 atom stereocenters. The average molecular weight is 832 g/mol. The number of phenols is 6. The third-order valence-corrected chi connectivity index (χ3v) is 7.34. The van der Waals surface area contributed by atoms with Crippen LogP contribution in [0.15, 0.2) is 54.6 Å². The van der Waals surface area contributed by atoms with E-state index >= 15 is 0 Å². The summed E-state index contributed by atoms with van der Waals surface area (Å²) < 4.78 is 15.3. The number of carbonyl (C=O) groups is 6. The molecule has 9 N–H and O–H groups in total. The first kappa shape index (κ1) is 50.0. The predicted molar refractivity (Wildman–Crippen MR) is 213 cm³/mol. The van der Waals surface area contributed by atoms with Gasteiger partial charge in [-0.1, -0.05) is 39.0 Å². The zero-order chi connectivity index (χ0) is 45.4. The van der Waals surface area contributed by atoms with Crippen LogP contribution in [0.2, 0.25) is 0 Å². The zero-order valence-electron chi connectivity index (χ0n) is 32.8. The molecule has 0 aliphatic carbocycles. The Morgan fingerprint density at radius 3 is 0.933 bits per heavy atom. The summed E-state index contributed by atoms with van der Waals surface area (Å²) in [7, 11) is 0. The highest BCUT2D eigenvalue weighted by Gasteiger charge is 2.34. The molecule has 1 aliphatic heterocycles. The fourth-order valence-corrected chi connectivity index (χ4v) is 4.16. The number of aromatic hydroxyl groups is 6. The van der Waals surface area contributed by atoms with Crippen LogP contribution < -0.4 is 16.0 Å². The van der Waals surface area contributed by atoms with Gasteiger partial charge in [0.15, 0.2) is 52.6 Å². The van der Waals surface area contributed by atoms with Crippen molar-refractivity contribution in [3.8, 4) is 71.5 Å². The summed E-state index contributed by atoms with van der Waals surface area (Å²) in [4.78, 5) is 77.9. The van der Waals surface area contributed by atoms with E-state index in [9.17, 15) is 59.4 Å². The zero-order valence-corrected chi connectivity index (χ0v) is 32.8. The molecule has 1 aliphatic rings. The van der Waals surface area contributed by atoms with Crippen LogP contribution >= 0.6 is 0 Å². The normalized spacial score (nSPS) is 15.8. The third kappa shape index (κ3) is 15.5. The number of terminal acetylenes is 3. The van der Waals surface area contributed by atoms with Crippen LogP contribution in [-0.4, -0.2) is 104 Å². The molecule has 1 saturated heterocycles. The van der Waals surface area contributed by atoms with E-state index in [2.05, 4.69) is 33.7 Å². The fraction of sp³-hybridized carbons (Fsp3) is 0.286. The standard InChI is InChI=1S/C30H27N3O15.3C4H6/c34-19-7-1-4-13(22(19)37)25(40)31-16-10-46-29(44)18(33-27(42)15-6-3-9-21(36)24(15)39)12-48-30(45)17(11-47-28(16)43)32-26(41)14-5-2-8-20(35)23(14)38;3*1-3-4-2/h1-9,16-18,34-39H,10-12H2,(H,31,40)(H,32,41)(H,33,42);3*1H,4H2,2H3. The Balaban J connectivity index is 0.00000132. The number of carbonyl (C=O) groups excluding carboxylic acids is 6. The first-order valence-electron chi connectivity index (χ1n) is 17.8. The minimum atomic E-state index is -1.84. The number of ether oxygens (including phenoxy) is 3. The largest absolute Gasteiger partial charge is 0.504 e. The minimum absolute atomic E-state index is 0.490. The molecular formula is C42H45N3O15. The minimum Gasteiger partial charge on any atom is -0.504 e. The number of phenolic OH excluding ortho intramolecular Hbond substituents is 6. The van der Waals surface area contributed by atoms with Crippen molar-refractivity contribution < 1.29 is 73.6 Å². The second-order valence-electron chi connectivity index (χ2n) is 11.7. The Kier molecular flexibility index (Phi) is 21.6. The predicted octanol–water partition coefficient (Wildman–Crippen LogP) is 2.35. The Labute approximate surface area is 345 Å². The fourth-order valence-electron chi connectivity index (χ4n) is 4.16. The first-order chi connectivity index (χ1) is 28.5. The average Bonchev–Trinajstić information content (AvgIpc) is 3.24. The summed E-state index contributed by atoms with van der Waals surface area (Å²) in [5.74, 6) is -4.61. The van der Waals surface area contributed by atoms with Gasteiger partial charge in [-0.25, -0.2) is 14.4 Å². The molecule has 3 aromatic rings. The van der Waals surface area contributed by atoms with Crippen LogP contribution in [0.1, 0.15) is 71.1 Å². The molecule has 0 spiro atoms. The van der Waals surface area contributed by atoms with E-state index in [1.165, 1.54) is 18.2 Å². The highest BCUT2D eigenvalue weighted by molar-refractivity contribution is 6.01. The van der Waals surface area contributed by atoms with Crippen LogP contribution in [0.4, 0.5) is 0 Å². The van der Waals surface area contributed by atoms with E-state index in [-0.39, 0.29) is 0 Å². The molecule has 18 heteroatoms. The number of hydrogen-bond acceptors (Lipinski definition) is 15. The highest BCUT2D eigenvalue weighted by Crippen LogP contribution is 2.30. The Hall–Kier alpha value is -8.04. The van der Waals surface area contributed by atoms with Crippen LogP contribution in [0.5, 0.6) is 34.5 Å². The number of esters is 3. The van der Waals surface area contributed by atoms with E-state index in [1.807, 2.05) is 20.8 Å². The molecule has 0 saturated carbocycles. The van der Waals surface area contributed by atoms with Gasteiger partial charge in [-0.15, -0.1) is 37.0 Å². The van der Waals surface area contributed by atoms with E-state index in [0.29, 0.717) is 0 Å². The molecular weight excluding hydrogens is 786 g/mol. The van der Waals surface area contributed by atoms with Crippen molar-refractivity contribution in [3.05, 3.63) is 71.3 Å². The van der Waals surface area contributed by atoms with Crippen LogP contribution in [0.3, 0.4) is 0 Å². The number of benzene rings is 3. The number of hydrogen-bond donors (Lipinski definition) is 9. The van der Waals surface area contributed by atoms with Gasteiger partial charge in [-0.05, 0) is 36.4 Å². The Morgan fingerprint density at radius 1 is 0.517 bits per heavy atom. The van der Waals surface area contributed by atoms with Gasteiger partial charge >= 0.3 is 17.9 Å². The number of amides is 3. The lowest BCUT2D eigenvalue weighted by Gasteiger charge is -2.25. The molecule has 3 unspecified atom stereocenters. The van der Waals surface area contributed by atoms with E-state index < -0.39 is 125 Å². The van der Waals surface area contributed by atoms with E-state index in [4.69, 9.17) is 33.5 Å². The van der Waals surface area contributed by atoms with Crippen LogP contribution in [-0.2, 0) is 28.6 Å². The molecule has 318 valence electrons. The van der Waals surface area contributed by atoms with Crippen molar-refractivity contribution in [2.24, 2.45) is 0 Å². The van der Waals surface area contributed by atoms with E-state index in [1.54, 1.807) is 0 Å². The molecule has 3 amide bonds. The van der Waals surface area contributed by atoms with Crippen molar-refractivity contribution in [2.75, 3.05) is 19.8 Å². The Bertz CT molecular complexity index is 1880. The molecule has 0 radical (unpaired) electrons. The Morgan fingerprint density at radius 2 is 0.733 bits per heavy atom. The molecule has 1 heterocycles. The monoisotopic (exact) mass is 831 g/mol. The lowest BCUT2D eigenvalue weighted by molar-refractivity contribution is -0.160. The lowest BCUT2D eigenvalue weighted by atomic mass is 10.1. The van der Waals surface area contributed by atoms with Gasteiger partial charge in [0.05, 0.1) is 16.7 Å². The van der Waals surface area contributed by atoms with Crippen LogP contribution in [0, 0.1) is 37.0 Å². The first-order valence-corrected chi connectivity index (χ1v) is 17.8. The van der Waals surface area contributed by atoms with Crippen molar-refractivity contribution in [2.45, 2.75) is 58.2 Å². The van der Waals surface area contributed by atoms with Crippen molar-refractivity contribution in [1.29, 1.82) is 0 Å². The second-order valence-corrected chi connectivity index (χ2v) is 11.7. The van der Waals surface area contributed by atoms with Gasteiger partial charge in [-0.3, -0.25) is 14.4 Å². The molecule has 0 aromatic heterocycles. The summed E-state index contributed by atoms with van der Waals surface area (Å²) in [5.41, 5.74) is -1.47. The van der Waals surface area contributed by atoms with Gasteiger partial charge in [0.2, 0.25) is 0 Å². The smallest absolute Gasteiger partial charge is 0.332 e.